The summed E-state index contributed by atoms with van der Waals surface area (Å²) < 4.78 is 37.5. The minimum atomic E-state index is -3.25. The number of aryl methyl sites for hydroxylation is 1. The Balaban J connectivity index is 1.30. The molecule has 0 radical (unpaired) electrons. The van der Waals surface area contributed by atoms with Crippen molar-refractivity contribution in [3.63, 3.8) is 0 Å². The van der Waals surface area contributed by atoms with Crippen molar-refractivity contribution in [2.45, 2.75) is 70.1 Å². The van der Waals surface area contributed by atoms with Crippen LogP contribution in [0.15, 0.2) is 18.2 Å². The Morgan fingerprint density at radius 2 is 1.79 bits per heavy atom. The molecule has 1 aliphatic heterocycles. The number of fused-ring (bicyclic) bond motifs is 1. The quantitative estimate of drug-likeness (QED) is 0.644. The Kier molecular flexibility index (Phi) is 6.89. The first-order valence-electron chi connectivity index (χ1n) is 10.4. The Morgan fingerprint density at radius 3 is 2.50 bits per heavy atom. The molecule has 0 amide bonds. The molecule has 3 rings (SSSR count). The van der Waals surface area contributed by atoms with E-state index >= 15 is 0 Å². The van der Waals surface area contributed by atoms with Crippen LogP contribution in [0, 0.1) is 5.92 Å². The van der Waals surface area contributed by atoms with Gasteiger partial charge in [0.25, 0.3) is 0 Å². The minimum absolute atomic E-state index is 0.0893. The summed E-state index contributed by atoms with van der Waals surface area (Å²) in [6.45, 7) is 7.56. The van der Waals surface area contributed by atoms with Gasteiger partial charge in [0.05, 0.1) is 4.75 Å². The maximum Gasteiger partial charge on any atom is 0.231 e. The Hall–Kier alpha value is -1.31. The topological polar surface area (TPSA) is 76.7 Å². The fourth-order valence-electron chi connectivity index (χ4n) is 3.70. The molecule has 0 unspecified atom stereocenters. The summed E-state index contributed by atoms with van der Waals surface area (Å²) in [7, 11) is -3.25. The average molecular weight is 411 g/mol. The molecule has 1 saturated carbocycles. The summed E-state index contributed by atoms with van der Waals surface area (Å²) in [5, 5.41) is 3.57. The molecule has 1 heterocycles. The normalized spacial score (nSPS) is 22.4. The van der Waals surface area contributed by atoms with Crippen LogP contribution in [0.4, 0.5) is 0 Å². The maximum atomic E-state index is 12.3. The van der Waals surface area contributed by atoms with Crippen LogP contribution in [0.25, 0.3) is 0 Å². The van der Waals surface area contributed by atoms with E-state index in [0.29, 0.717) is 12.7 Å². The predicted octanol–water partition coefficient (Wildman–Crippen LogP) is 3.21. The second-order valence-electron chi connectivity index (χ2n) is 8.95. The van der Waals surface area contributed by atoms with Gasteiger partial charge in [0.15, 0.2) is 11.5 Å². The molecule has 0 spiro atoms. The average Bonchev–Trinajstić information content (AvgIpc) is 3.09. The zero-order valence-electron chi connectivity index (χ0n) is 17.3. The van der Waals surface area contributed by atoms with Gasteiger partial charge in [-0.05, 0) is 96.0 Å². The molecule has 0 saturated heterocycles. The van der Waals surface area contributed by atoms with Gasteiger partial charge in [-0.25, -0.2) is 13.1 Å². The van der Waals surface area contributed by atoms with Gasteiger partial charge in [0.1, 0.15) is 0 Å². The summed E-state index contributed by atoms with van der Waals surface area (Å²) in [4.78, 5) is 0. The fraction of sp³-hybridized carbons (Fsp3) is 0.714. The number of nitrogens with one attached hydrogen (secondary N) is 2. The Morgan fingerprint density at radius 1 is 1.07 bits per heavy atom. The molecule has 158 valence electrons. The summed E-state index contributed by atoms with van der Waals surface area (Å²) in [5.74, 6) is 2.33. The summed E-state index contributed by atoms with van der Waals surface area (Å²) in [6.07, 6.45) is 6.11. The van der Waals surface area contributed by atoms with Crippen molar-refractivity contribution < 1.29 is 17.9 Å². The van der Waals surface area contributed by atoms with Gasteiger partial charge in [-0.15, -0.1) is 0 Å². The molecule has 1 aromatic rings. The van der Waals surface area contributed by atoms with Gasteiger partial charge in [-0.2, -0.15) is 0 Å². The van der Waals surface area contributed by atoms with Gasteiger partial charge in [-0.1, -0.05) is 6.07 Å². The molecule has 0 aromatic heterocycles. The van der Waals surface area contributed by atoms with Gasteiger partial charge >= 0.3 is 0 Å². The van der Waals surface area contributed by atoms with E-state index in [4.69, 9.17) is 9.47 Å². The van der Waals surface area contributed by atoms with Crippen LogP contribution in [0.3, 0.4) is 0 Å². The Labute approximate surface area is 169 Å². The molecular formula is C21H34N2O4S. The van der Waals surface area contributed by atoms with E-state index in [9.17, 15) is 8.42 Å². The number of ether oxygens (including phenoxy) is 2. The van der Waals surface area contributed by atoms with E-state index in [1.807, 2.05) is 6.07 Å². The van der Waals surface area contributed by atoms with Crippen molar-refractivity contribution in [1.29, 1.82) is 0 Å². The molecule has 28 heavy (non-hydrogen) atoms. The van der Waals surface area contributed by atoms with Crippen molar-refractivity contribution in [2.75, 3.05) is 19.9 Å². The maximum absolute atomic E-state index is 12.3. The number of rotatable bonds is 8. The molecule has 2 aliphatic rings. The number of hydrogen-bond acceptors (Lipinski definition) is 5. The molecule has 1 aliphatic carbocycles. The van der Waals surface area contributed by atoms with Crippen LogP contribution in [0.2, 0.25) is 0 Å². The van der Waals surface area contributed by atoms with Crippen molar-refractivity contribution in [3.05, 3.63) is 23.8 Å². The lowest BCUT2D eigenvalue weighted by Gasteiger charge is -2.31. The zero-order chi connectivity index (χ0) is 20.2. The van der Waals surface area contributed by atoms with Crippen LogP contribution in [0.5, 0.6) is 11.5 Å². The van der Waals surface area contributed by atoms with Crippen LogP contribution in [0.1, 0.15) is 58.4 Å². The van der Waals surface area contributed by atoms with Gasteiger partial charge in [0.2, 0.25) is 16.8 Å². The van der Waals surface area contributed by atoms with Gasteiger partial charge in [-0.3, -0.25) is 0 Å². The van der Waals surface area contributed by atoms with Crippen LogP contribution < -0.4 is 19.5 Å². The van der Waals surface area contributed by atoms with Crippen molar-refractivity contribution >= 4 is 10.0 Å². The molecule has 0 atom stereocenters. The molecule has 0 bridgehead atoms. The lowest BCUT2D eigenvalue weighted by molar-refractivity contribution is 0.174. The third kappa shape index (κ3) is 5.61. The number of hydrogen-bond donors (Lipinski definition) is 2. The van der Waals surface area contributed by atoms with Crippen LogP contribution >= 0.6 is 0 Å². The number of sulfonamides is 1. The fourth-order valence-corrected chi connectivity index (χ4v) is 4.73. The molecule has 2 N–H and O–H groups in total. The number of benzene rings is 1. The van der Waals surface area contributed by atoms with E-state index in [1.165, 1.54) is 5.56 Å². The highest BCUT2D eigenvalue weighted by Gasteiger charge is 2.32. The second kappa shape index (κ2) is 9.01. The largest absolute Gasteiger partial charge is 0.454 e. The molecule has 1 aromatic carbocycles. The van der Waals surface area contributed by atoms with Gasteiger partial charge < -0.3 is 14.8 Å². The van der Waals surface area contributed by atoms with E-state index < -0.39 is 14.8 Å². The molecule has 6 nitrogen and oxygen atoms in total. The van der Waals surface area contributed by atoms with E-state index in [1.54, 1.807) is 20.8 Å². The highest BCUT2D eigenvalue weighted by atomic mass is 32.2. The smallest absolute Gasteiger partial charge is 0.231 e. The highest BCUT2D eigenvalue weighted by molar-refractivity contribution is 7.90. The summed E-state index contributed by atoms with van der Waals surface area (Å²) >= 11 is 0. The first-order chi connectivity index (χ1) is 13.2. The standard InChI is InChI=1S/C21H34N2O4S/c1-21(2,3)28(24,25)23-18-9-6-17(7-10-18)14-22-12-4-5-16-8-11-19-20(13-16)27-15-26-19/h8,11,13,17-18,22-23H,4-7,9-10,12,14-15H2,1-3H3. The zero-order valence-corrected chi connectivity index (χ0v) is 18.1. The predicted molar refractivity (Wildman–Crippen MR) is 111 cm³/mol. The monoisotopic (exact) mass is 410 g/mol. The van der Waals surface area contributed by atoms with Crippen molar-refractivity contribution in [1.82, 2.24) is 10.0 Å². The first-order valence-corrected chi connectivity index (χ1v) is 11.8. The summed E-state index contributed by atoms with van der Waals surface area (Å²) in [5.41, 5.74) is 1.28. The molecular weight excluding hydrogens is 376 g/mol. The Bertz CT molecular complexity index is 750. The summed E-state index contributed by atoms with van der Waals surface area (Å²) in [6, 6.07) is 6.25. The SMILES string of the molecule is CC(C)(C)S(=O)(=O)NC1CCC(CNCCCc2ccc3c(c2)OCO3)CC1. The molecule has 1 fully saturated rings. The van der Waals surface area contributed by atoms with Crippen LogP contribution in [-0.2, 0) is 16.4 Å². The van der Waals surface area contributed by atoms with E-state index in [-0.39, 0.29) is 6.04 Å². The minimum Gasteiger partial charge on any atom is -0.454 e. The first kappa shape index (κ1) is 21.4. The van der Waals surface area contributed by atoms with Crippen molar-refractivity contribution in [2.24, 2.45) is 5.92 Å². The lowest BCUT2D eigenvalue weighted by Crippen LogP contribution is -2.46. The van der Waals surface area contributed by atoms with Crippen molar-refractivity contribution in [3.8, 4) is 11.5 Å². The third-order valence-corrected chi connectivity index (χ3v) is 7.92. The van der Waals surface area contributed by atoms with Gasteiger partial charge in [0, 0.05) is 6.04 Å². The van der Waals surface area contributed by atoms with E-state index in [0.717, 1.165) is 63.1 Å². The lowest BCUT2D eigenvalue weighted by atomic mass is 9.86. The molecule has 7 heteroatoms. The highest BCUT2D eigenvalue weighted by Crippen LogP contribution is 2.32. The third-order valence-electron chi connectivity index (χ3n) is 5.66. The second-order valence-corrected chi connectivity index (χ2v) is 11.4. The van der Waals surface area contributed by atoms with E-state index in [2.05, 4.69) is 22.2 Å². The van der Waals surface area contributed by atoms with Crippen LogP contribution in [-0.4, -0.2) is 39.1 Å².